The van der Waals surface area contributed by atoms with E-state index in [1.807, 2.05) is 13.1 Å². The third kappa shape index (κ3) is 4.14. The van der Waals surface area contributed by atoms with E-state index in [1.54, 1.807) is 0 Å². The van der Waals surface area contributed by atoms with Crippen molar-refractivity contribution in [3.8, 4) is 0 Å². The van der Waals surface area contributed by atoms with Gasteiger partial charge in [0.05, 0.1) is 0 Å². The summed E-state index contributed by atoms with van der Waals surface area (Å²) in [7, 11) is -0.921. The second-order valence-electron chi connectivity index (χ2n) is 1.34. The first-order valence-corrected chi connectivity index (χ1v) is 4.78. The van der Waals surface area contributed by atoms with Crippen LogP contribution in [0.4, 0.5) is 0 Å². The second-order valence-corrected chi connectivity index (χ2v) is 3.78. The van der Waals surface area contributed by atoms with Gasteiger partial charge in [0.15, 0.2) is 9.04 Å². The number of aliphatic hydroxyl groups excluding tert-OH is 1. The smallest absolute Gasteiger partial charge is 0.173 e. The fraction of sp³-hybridized carbons (Fsp3) is 1.00. The SMILES string of the molecule is C[SiH](C)OCO. The molecule has 0 unspecified atom stereocenters. The molecule has 6 heavy (non-hydrogen) atoms. The van der Waals surface area contributed by atoms with Gasteiger partial charge in [0.25, 0.3) is 0 Å². The third-order valence-corrected chi connectivity index (χ3v) is 1.22. The van der Waals surface area contributed by atoms with Gasteiger partial charge in [0.2, 0.25) is 0 Å². The van der Waals surface area contributed by atoms with Crippen molar-refractivity contribution in [3.05, 3.63) is 0 Å². The molecule has 0 spiro atoms. The number of aliphatic hydroxyl groups is 1. The van der Waals surface area contributed by atoms with Crippen LogP contribution in [0.2, 0.25) is 13.1 Å². The molecule has 0 aromatic heterocycles. The van der Waals surface area contributed by atoms with Crippen LogP contribution in [0.15, 0.2) is 0 Å². The highest BCUT2D eigenvalue weighted by molar-refractivity contribution is 6.48. The lowest BCUT2D eigenvalue weighted by atomic mass is 11.6. The molecule has 0 aliphatic heterocycles. The molecule has 0 aromatic carbocycles. The lowest BCUT2D eigenvalue weighted by molar-refractivity contribution is 0.0986. The van der Waals surface area contributed by atoms with Gasteiger partial charge >= 0.3 is 0 Å². The van der Waals surface area contributed by atoms with Gasteiger partial charge in [-0.1, -0.05) is 0 Å². The topological polar surface area (TPSA) is 29.5 Å². The monoisotopic (exact) mass is 106 g/mol. The van der Waals surface area contributed by atoms with Crippen molar-refractivity contribution in [2.45, 2.75) is 13.1 Å². The Balaban J connectivity index is 2.63. The molecule has 0 bridgehead atoms. The molecule has 0 saturated carbocycles. The number of hydrogen-bond acceptors (Lipinski definition) is 2. The standard InChI is InChI=1S/C3H10O2Si/c1-6(2)5-3-4/h4,6H,3H2,1-2H3. The molecule has 0 amide bonds. The summed E-state index contributed by atoms with van der Waals surface area (Å²) in [5.41, 5.74) is 0. The number of rotatable bonds is 2. The highest BCUT2D eigenvalue weighted by atomic mass is 28.3. The van der Waals surface area contributed by atoms with Crippen LogP contribution < -0.4 is 0 Å². The molecular formula is C3H10O2Si. The molecular weight excluding hydrogens is 96.1 g/mol. The van der Waals surface area contributed by atoms with E-state index < -0.39 is 9.04 Å². The molecule has 0 aromatic rings. The molecule has 0 saturated heterocycles. The van der Waals surface area contributed by atoms with Crippen molar-refractivity contribution in [1.29, 1.82) is 0 Å². The van der Waals surface area contributed by atoms with Gasteiger partial charge < -0.3 is 9.53 Å². The first-order valence-electron chi connectivity index (χ1n) is 2.00. The fourth-order valence-corrected chi connectivity index (χ4v) is 0.447. The van der Waals surface area contributed by atoms with E-state index in [1.165, 1.54) is 0 Å². The van der Waals surface area contributed by atoms with E-state index in [-0.39, 0.29) is 6.79 Å². The van der Waals surface area contributed by atoms with Crippen molar-refractivity contribution >= 4 is 9.04 Å². The molecule has 0 fully saturated rings. The van der Waals surface area contributed by atoms with Gasteiger partial charge in [0, 0.05) is 0 Å². The van der Waals surface area contributed by atoms with E-state index in [9.17, 15) is 0 Å². The number of hydrogen-bond donors (Lipinski definition) is 1. The van der Waals surface area contributed by atoms with Crippen LogP contribution in [0.5, 0.6) is 0 Å². The summed E-state index contributed by atoms with van der Waals surface area (Å²) >= 11 is 0. The van der Waals surface area contributed by atoms with Crippen molar-refractivity contribution in [2.75, 3.05) is 6.79 Å². The van der Waals surface area contributed by atoms with Crippen molar-refractivity contribution in [2.24, 2.45) is 0 Å². The van der Waals surface area contributed by atoms with E-state index in [2.05, 4.69) is 0 Å². The van der Waals surface area contributed by atoms with Gasteiger partial charge in [-0.05, 0) is 13.1 Å². The Hall–Kier alpha value is 0.137. The molecule has 38 valence electrons. The largest absolute Gasteiger partial charge is 0.399 e. The van der Waals surface area contributed by atoms with E-state index in [0.29, 0.717) is 0 Å². The van der Waals surface area contributed by atoms with Crippen LogP contribution >= 0.6 is 0 Å². The van der Waals surface area contributed by atoms with Gasteiger partial charge in [0.1, 0.15) is 6.79 Å². The second kappa shape index (κ2) is 3.33. The Morgan fingerprint density at radius 2 is 2.17 bits per heavy atom. The molecule has 0 aliphatic carbocycles. The Labute approximate surface area is 39.5 Å². The van der Waals surface area contributed by atoms with E-state index in [4.69, 9.17) is 9.53 Å². The molecule has 1 N–H and O–H groups in total. The van der Waals surface area contributed by atoms with Gasteiger partial charge in [-0.25, -0.2) is 0 Å². The van der Waals surface area contributed by atoms with Crippen molar-refractivity contribution in [1.82, 2.24) is 0 Å². The molecule has 0 heterocycles. The molecule has 0 atom stereocenters. The Morgan fingerprint density at radius 1 is 1.67 bits per heavy atom. The van der Waals surface area contributed by atoms with Crippen LogP contribution in [-0.2, 0) is 4.43 Å². The molecule has 0 radical (unpaired) electrons. The minimum atomic E-state index is -0.921. The molecule has 3 heteroatoms. The maximum atomic E-state index is 8.05. The Morgan fingerprint density at radius 3 is 2.17 bits per heavy atom. The average Bonchev–Trinajstić information content (AvgIpc) is 1.35. The summed E-state index contributed by atoms with van der Waals surface area (Å²) in [5.74, 6) is 0. The lowest BCUT2D eigenvalue weighted by Gasteiger charge is -1.97. The highest BCUT2D eigenvalue weighted by Crippen LogP contribution is 1.77. The summed E-state index contributed by atoms with van der Waals surface area (Å²) in [6.45, 7) is 3.91. The fourth-order valence-electron chi connectivity index (χ4n) is 0.149. The Kier molecular flexibility index (Phi) is 3.41. The van der Waals surface area contributed by atoms with Crippen LogP contribution in [0.25, 0.3) is 0 Å². The predicted molar refractivity (Wildman–Crippen MR) is 27.0 cm³/mol. The maximum absolute atomic E-state index is 8.05. The zero-order valence-corrected chi connectivity index (χ0v) is 5.29. The first-order chi connectivity index (χ1) is 2.77. The van der Waals surface area contributed by atoms with Crippen LogP contribution in [-0.4, -0.2) is 20.9 Å². The van der Waals surface area contributed by atoms with Crippen LogP contribution in [0.1, 0.15) is 0 Å². The maximum Gasteiger partial charge on any atom is 0.173 e. The third-order valence-electron chi connectivity index (χ3n) is 0.408. The minimum Gasteiger partial charge on any atom is -0.399 e. The average molecular weight is 106 g/mol. The molecule has 0 aliphatic rings. The van der Waals surface area contributed by atoms with E-state index >= 15 is 0 Å². The summed E-state index contributed by atoms with van der Waals surface area (Å²) in [5, 5.41) is 8.05. The summed E-state index contributed by atoms with van der Waals surface area (Å²) in [6, 6.07) is 0. The van der Waals surface area contributed by atoms with Crippen LogP contribution in [0, 0.1) is 0 Å². The normalized spacial score (nSPS) is 10.0. The lowest BCUT2D eigenvalue weighted by Crippen LogP contribution is -2.07. The summed E-state index contributed by atoms with van der Waals surface area (Å²) < 4.78 is 4.74. The van der Waals surface area contributed by atoms with Crippen molar-refractivity contribution < 1.29 is 9.53 Å². The molecule has 2 nitrogen and oxygen atoms in total. The zero-order valence-electron chi connectivity index (χ0n) is 4.14. The van der Waals surface area contributed by atoms with Gasteiger partial charge in [-0.15, -0.1) is 0 Å². The van der Waals surface area contributed by atoms with E-state index in [0.717, 1.165) is 0 Å². The quantitative estimate of drug-likeness (QED) is 0.394. The summed E-state index contributed by atoms with van der Waals surface area (Å²) in [4.78, 5) is 0. The van der Waals surface area contributed by atoms with Gasteiger partial charge in [-0.2, -0.15) is 0 Å². The molecule has 0 rings (SSSR count). The van der Waals surface area contributed by atoms with Crippen LogP contribution in [0.3, 0.4) is 0 Å². The Bertz CT molecular complexity index is 30.0. The zero-order chi connectivity index (χ0) is 4.99. The highest BCUT2D eigenvalue weighted by Gasteiger charge is 1.88. The predicted octanol–water partition coefficient (Wildman–Crippen LogP) is -0.0638. The first kappa shape index (κ1) is 6.14. The minimum absolute atomic E-state index is 0.107. The van der Waals surface area contributed by atoms with Crippen molar-refractivity contribution in [3.63, 3.8) is 0 Å². The van der Waals surface area contributed by atoms with Gasteiger partial charge in [-0.3, -0.25) is 0 Å². The summed E-state index contributed by atoms with van der Waals surface area (Å²) in [6.07, 6.45) is 0.